The summed E-state index contributed by atoms with van der Waals surface area (Å²) in [5, 5.41) is 19.9. The van der Waals surface area contributed by atoms with Crippen LogP contribution in [0.5, 0.6) is 5.75 Å². The van der Waals surface area contributed by atoms with Crippen molar-refractivity contribution in [3.05, 3.63) is 29.3 Å². The van der Waals surface area contributed by atoms with Gasteiger partial charge < -0.3 is 10.2 Å². The van der Waals surface area contributed by atoms with Crippen molar-refractivity contribution >= 4 is 11.8 Å². The van der Waals surface area contributed by atoms with Gasteiger partial charge in [-0.05, 0) is 43.1 Å². The Bertz CT molecular complexity index is 377. The molecule has 0 heterocycles. The number of aliphatic hydroxyl groups excluding tert-OH is 1. The van der Waals surface area contributed by atoms with Crippen LogP contribution in [0.15, 0.2) is 18.2 Å². The molecule has 0 aromatic heterocycles. The SMILES string of the molecule is CCCc1cccc(CCCSC(C)C(C)O)c1O. The minimum Gasteiger partial charge on any atom is -0.507 e. The monoisotopic (exact) mass is 282 g/mol. The molecule has 0 aliphatic heterocycles. The quantitative estimate of drug-likeness (QED) is 0.713. The molecule has 0 saturated carbocycles. The van der Waals surface area contributed by atoms with Gasteiger partial charge in [0.1, 0.15) is 5.75 Å². The number of phenolic OH excluding ortho intramolecular Hbond substituents is 1. The molecule has 108 valence electrons. The van der Waals surface area contributed by atoms with Crippen molar-refractivity contribution in [3.63, 3.8) is 0 Å². The molecule has 2 N–H and O–H groups in total. The van der Waals surface area contributed by atoms with Crippen molar-refractivity contribution in [1.29, 1.82) is 0 Å². The first-order valence-electron chi connectivity index (χ1n) is 7.15. The van der Waals surface area contributed by atoms with E-state index in [0.29, 0.717) is 5.75 Å². The molecule has 2 nitrogen and oxygen atoms in total. The third kappa shape index (κ3) is 5.45. The van der Waals surface area contributed by atoms with E-state index in [0.717, 1.165) is 42.6 Å². The van der Waals surface area contributed by atoms with Gasteiger partial charge in [0.15, 0.2) is 0 Å². The molecule has 0 fully saturated rings. The number of thioether (sulfide) groups is 1. The van der Waals surface area contributed by atoms with E-state index in [1.807, 2.05) is 25.1 Å². The maximum absolute atomic E-state index is 10.2. The standard InChI is InChI=1S/C16H26O2S/c1-4-7-14-8-5-9-15(16(14)18)10-6-11-19-13(3)12(2)17/h5,8-9,12-13,17-18H,4,6-7,10-11H2,1-3H3. The number of rotatable bonds is 8. The number of aryl methyl sites for hydroxylation is 2. The fourth-order valence-electron chi connectivity index (χ4n) is 1.99. The van der Waals surface area contributed by atoms with Gasteiger partial charge in [0.2, 0.25) is 0 Å². The summed E-state index contributed by atoms with van der Waals surface area (Å²) in [7, 11) is 0. The third-order valence-corrected chi connectivity index (χ3v) is 4.82. The van der Waals surface area contributed by atoms with Crippen LogP contribution in [-0.4, -0.2) is 27.3 Å². The number of aliphatic hydroxyl groups is 1. The van der Waals surface area contributed by atoms with E-state index in [1.165, 1.54) is 0 Å². The maximum Gasteiger partial charge on any atom is 0.121 e. The van der Waals surface area contributed by atoms with Crippen LogP contribution in [-0.2, 0) is 12.8 Å². The lowest BCUT2D eigenvalue weighted by atomic mass is 10.0. The predicted octanol–water partition coefficient (Wildman–Crippen LogP) is 3.78. The van der Waals surface area contributed by atoms with Crippen molar-refractivity contribution in [2.45, 2.75) is 57.8 Å². The van der Waals surface area contributed by atoms with Gasteiger partial charge in [-0.3, -0.25) is 0 Å². The molecule has 1 rings (SSSR count). The van der Waals surface area contributed by atoms with E-state index in [9.17, 15) is 10.2 Å². The highest BCUT2D eigenvalue weighted by Gasteiger charge is 2.09. The van der Waals surface area contributed by atoms with E-state index in [4.69, 9.17) is 0 Å². The molecule has 19 heavy (non-hydrogen) atoms. The summed E-state index contributed by atoms with van der Waals surface area (Å²) in [6.07, 6.45) is 3.67. The normalized spacial score (nSPS) is 14.3. The average Bonchev–Trinajstić information content (AvgIpc) is 2.38. The second kappa shape index (κ2) is 8.49. The van der Waals surface area contributed by atoms with Crippen LogP contribution in [0.25, 0.3) is 0 Å². The zero-order chi connectivity index (χ0) is 14.3. The third-order valence-electron chi connectivity index (χ3n) is 3.37. The minimum absolute atomic E-state index is 0.258. The molecule has 0 amide bonds. The Hall–Kier alpha value is -0.670. The first-order valence-corrected chi connectivity index (χ1v) is 8.20. The first-order chi connectivity index (χ1) is 9.06. The summed E-state index contributed by atoms with van der Waals surface area (Å²) in [5.41, 5.74) is 2.11. The highest BCUT2D eigenvalue weighted by molar-refractivity contribution is 7.99. The Morgan fingerprint density at radius 3 is 2.37 bits per heavy atom. The largest absolute Gasteiger partial charge is 0.507 e. The highest BCUT2D eigenvalue weighted by atomic mass is 32.2. The zero-order valence-electron chi connectivity index (χ0n) is 12.2. The summed E-state index contributed by atoms with van der Waals surface area (Å²) in [5.74, 6) is 1.50. The fourth-order valence-corrected chi connectivity index (χ4v) is 2.95. The minimum atomic E-state index is -0.258. The maximum atomic E-state index is 10.2. The highest BCUT2D eigenvalue weighted by Crippen LogP contribution is 2.25. The Morgan fingerprint density at radius 2 is 1.79 bits per heavy atom. The van der Waals surface area contributed by atoms with Crippen LogP contribution < -0.4 is 0 Å². The van der Waals surface area contributed by atoms with Crippen LogP contribution >= 0.6 is 11.8 Å². The van der Waals surface area contributed by atoms with Crippen LogP contribution in [0, 0.1) is 0 Å². The van der Waals surface area contributed by atoms with Gasteiger partial charge in [-0.2, -0.15) is 11.8 Å². The van der Waals surface area contributed by atoms with Crippen LogP contribution in [0.1, 0.15) is 44.7 Å². The van der Waals surface area contributed by atoms with Crippen molar-refractivity contribution in [2.24, 2.45) is 0 Å². The molecule has 0 spiro atoms. The smallest absolute Gasteiger partial charge is 0.121 e. The molecule has 1 aromatic rings. The number of hydrogen-bond donors (Lipinski definition) is 2. The Balaban J connectivity index is 2.43. The molecule has 3 heteroatoms. The first kappa shape index (κ1) is 16.4. The van der Waals surface area contributed by atoms with Gasteiger partial charge in [-0.1, -0.05) is 38.5 Å². The lowest BCUT2D eigenvalue weighted by Crippen LogP contribution is -2.15. The van der Waals surface area contributed by atoms with Gasteiger partial charge >= 0.3 is 0 Å². The van der Waals surface area contributed by atoms with Crippen LogP contribution in [0.4, 0.5) is 0 Å². The van der Waals surface area contributed by atoms with E-state index in [2.05, 4.69) is 13.8 Å². The number of hydrogen-bond acceptors (Lipinski definition) is 3. The van der Waals surface area contributed by atoms with Crippen molar-refractivity contribution in [2.75, 3.05) is 5.75 Å². The summed E-state index contributed by atoms with van der Waals surface area (Å²) >= 11 is 1.79. The van der Waals surface area contributed by atoms with E-state index >= 15 is 0 Å². The van der Waals surface area contributed by atoms with Crippen molar-refractivity contribution < 1.29 is 10.2 Å². The van der Waals surface area contributed by atoms with Crippen molar-refractivity contribution in [1.82, 2.24) is 0 Å². The van der Waals surface area contributed by atoms with Gasteiger partial charge in [0, 0.05) is 5.25 Å². The molecule has 1 aromatic carbocycles. The van der Waals surface area contributed by atoms with E-state index < -0.39 is 0 Å². The summed E-state index contributed by atoms with van der Waals surface area (Å²) in [6, 6.07) is 6.05. The molecule has 2 atom stereocenters. The van der Waals surface area contributed by atoms with Crippen LogP contribution in [0.3, 0.4) is 0 Å². The molecular formula is C16H26O2S. The van der Waals surface area contributed by atoms with Gasteiger partial charge in [-0.15, -0.1) is 0 Å². The van der Waals surface area contributed by atoms with E-state index in [-0.39, 0.29) is 11.4 Å². The lowest BCUT2D eigenvalue weighted by Gasteiger charge is -2.14. The summed E-state index contributed by atoms with van der Waals surface area (Å²) in [4.78, 5) is 0. The molecule has 0 saturated heterocycles. The molecule has 0 radical (unpaired) electrons. The van der Waals surface area contributed by atoms with E-state index in [1.54, 1.807) is 11.8 Å². The van der Waals surface area contributed by atoms with Crippen molar-refractivity contribution in [3.8, 4) is 5.75 Å². The number of benzene rings is 1. The molecule has 2 unspecified atom stereocenters. The fraction of sp³-hybridized carbons (Fsp3) is 0.625. The second-order valence-electron chi connectivity index (χ2n) is 5.09. The molecule has 0 aliphatic carbocycles. The second-order valence-corrected chi connectivity index (χ2v) is 6.58. The van der Waals surface area contributed by atoms with Crippen LogP contribution in [0.2, 0.25) is 0 Å². The molecule has 0 aliphatic rings. The Morgan fingerprint density at radius 1 is 1.16 bits per heavy atom. The summed E-state index contributed by atoms with van der Waals surface area (Å²) in [6.45, 7) is 6.01. The van der Waals surface area contributed by atoms with Gasteiger partial charge in [0.25, 0.3) is 0 Å². The lowest BCUT2D eigenvalue weighted by molar-refractivity contribution is 0.196. The number of phenols is 1. The Kier molecular flexibility index (Phi) is 7.32. The molecular weight excluding hydrogens is 256 g/mol. The van der Waals surface area contributed by atoms with Gasteiger partial charge in [-0.25, -0.2) is 0 Å². The molecule has 0 bridgehead atoms. The summed E-state index contributed by atoms with van der Waals surface area (Å²) < 4.78 is 0. The topological polar surface area (TPSA) is 40.5 Å². The Labute approximate surface area is 121 Å². The number of para-hydroxylation sites is 1. The van der Waals surface area contributed by atoms with Gasteiger partial charge in [0.05, 0.1) is 6.10 Å². The predicted molar refractivity (Wildman–Crippen MR) is 84.0 cm³/mol. The number of aromatic hydroxyl groups is 1. The average molecular weight is 282 g/mol. The zero-order valence-corrected chi connectivity index (χ0v) is 13.0.